The third kappa shape index (κ3) is 4.28. The second kappa shape index (κ2) is 7.54. The summed E-state index contributed by atoms with van der Waals surface area (Å²) in [6, 6.07) is 9.46. The van der Waals surface area contributed by atoms with Crippen molar-refractivity contribution in [1.29, 1.82) is 0 Å². The van der Waals surface area contributed by atoms with Crippen molar-refractivity contribution in [3.05, 3.63) is 53.1 Å². The van der Waals surface area contributed by atoms with Gasteiger partial charge in [-0.05, 0) is 43.7 Å². The maximum atomic E-state index is 12.4. The van der Waals surface area contributed by atoms with Gasteiger partial charge in [-0.1, -0.05) is 17.7 Å². The van der Waals surface area contributed by atoms with Gasteiger partial charge >= 0.3 is 0 Å². The molecule has 0 bridgehead atoms. The fraction of sp³-hybridized carbons (Fsp3) is 0.235. The number of methoxy groups -OCH3 is 2. The highest BCUT2D eigenvalue weighted by atomic mass is 32.2. The minimum Gasteiger partial charge on any atom is -0.493 e. The van der Waals surface area contributed by atoms with Gasteiger partial charge in [-0.3, -0.25) is 10.2 Å². The number of nitrogens with one attached hydrogen (secondary N) is 2. The average Bonchev–Trinajstić information content (AvgIpc) is 2.58. The molecule has 0 saturated heterocycles. The van der Waals surface area contributed by atoms with Gasteiger partial charge in [0.2, 0.25) is 0 Å². The van der Waals surface area contributed by atoms with E-state index >= 15 is 0 Å². The van der Waals surface area contributed by atoms with Gasteiger partial charge in [-0.15, -0.1) is 4.83 Å². The molecular formula is C17H20N2O5S. The molecule has 0 aliphatic rings. The lowest BCUT2D eigenvalue weighted by Crippen LogP contribution is -2.41. The fourth-order valence-corrected chi connectivity index (χ4v) is 3.39. The molecule has 1 amide bonds. The molecule has 0 atom stereocenters. The van der Waals surface area contributed by atoms with E-state index in [1.54, 1.807) is 25.1 Å². The highest BCUT2D eigenvalue weighted by Gasteiger charge is 2.18. The van der Waals surface area contributed by atoms with Gasteiger partial charge < -0.3 is 9.47 Å². The van der Waals surface area contributed by atoms with Crippen LogP contribution in [0.3, 0.4) is 0 Å². The van der Waals surface area contributed by atoms with E-state index in [9.17, 15) is 13.2 Å². The number of rotatable bonds is 6. The summed E-state index contributed by atoms with van der Waals surface area (Å²) >= 11 is 0. The van der Waals surface area contributed by atoms with Crippen molar-refractivity contribution in [2.24, 2.45) is 0 Å². The van der Waals surface area contributed by atoms with Crippen LogP contribution in [0.4, 0.5) is 0 Å². The smallest absolute Gasteiger partial charge is 0.266 e. The van der Waals surface area contributed by atoms with Crippen molar-refractivity contribution in [2.75, 3.05) is 14.2 Å². The van der Waals surface area contributed by atoms with E-state index in [4.69, 9.17) is 9.47 Å². The molecule has 0 heterocycles. The standard InChI is InChI=1S/C17H20N2O5S/c1-11-5-8-16(12(2)9-11)25(21,22)19-18-17(20)13-6-7-14(23-3)15(10-13)24-4/h5-10,19H,1-4H3,(H,18,20). The molecule has 25 heavy (non-hydrogen) atoms. The van der Waals surface area contributed by atoms with E-state index < -0.39 is 15.9 Å². The number of amides is 1. The Morgan fingerprint density at radius 2 is 1.64 bits per heavy atom. The Balaban J connectivity index is 2.16. The van der Waals surface area contributed by atoms with Crippen LogP contribution < -0.4 is 19.7 Å². The molecule has 2 aromatic rings. The number of aryl methyl sites for hydroxylation is 2. The number of sulfonamides is 1. The van der Waals surface area contributed by atoms with E-state index in [-0.39, 0.29) is 10.5 Å². The Morgan fingerprint density at radius 1 is 0.960 bits per heavy atom. The summed E-state index contributed by atoms with van der Waals surface area (Å²) in [5.74, 6) is 0.219. The van der Waals surface area contributed by atoms with Crippen LogP contribution in [0.25, 0.3) is 0 Å². The Bertz CT molecular complexity index is 894. The largest absolute Gasteiger partial charge is 0.493 e. The first-order chi connectivity index (χ1) is 11.8. The molecule has 0 aromatic heterocycles. The molecule has 0 unspecified atom stereocenters. The van der Waals surface area contributed by atoms with E-state index in [0.29, 0.717) is 17.1 Å². The minimum atomic E-state index is -3.88. The van der Waals surface area contributed by atoms with Gasteiger partial charge in [0.15, 0.2) is 11.5 Å². The zero-order chi connectivity index (χ0) is 18.6. The molecule has 2 rings (SSSR count). The summed E-state index contributed by atoms with van der Waals surface area (Å²) in [7, 11) is -0.949. The maximum absolute atomic E-state index is 12.4. The minimum absolute atomic E-state index is 0.103. The monoisotopic (exact) mass is 364 g/mol. The first-order valence-corrected chi connectivity index (χ1v) is 8.88. The Morgan fingerprint density at radius 3 is 2.24 bits per heavy atom. The lowest BCUT2D eigenvalue weighted by atomic mass is 10.2. The van der Waals surface area contributed by atoms with Gasteiger partial charge in [0.05, 0.1) is 19.1 Å². The lowest BCUT2D eigenvalue weighted by molar-refractivity contribution is 0.0944. The molecule has 0 spiro atoms. The predicted molar refractivity (Wildman–Crippen MR) is 93.2 cm³/mol. The Kier molecular flexibility index (Phi) is 5.66. The summed E-state index contributed by atoms with van der Waals surface area (Å²) in [4.78, 5) is 14.4. The zero-order valence-corrected chi connectivity index (χ0v) is 15.2. The number of carbonyl (C=O) groups excluding carboxylic acids is 1. The van der Waals surface area contributed by atoms with Crippen LogP contribution in [0.5, 0.6) is 11.5 Å². The first-order valence-electron chi connectivity index (χ1n) is 7.40. The second-order valence-corrected chi connectivity index (χ2v) is 7.05. The summed E-state index contributed by atoms with van der Waals surface area (Å²) in [5.41, 5.74) is 3.96. The van der Waals surface area contributed by atoms with Crippen LogP contribution in [-0.2, 0) is 10.0 Å². The highest BCUT2D eigenvalue weighted by molar-refractivity contribution is 7.89. The van der Waals surface area contributed by atoms with Gasteiger partial charge in [0.25, 0.3) is 15.9 Å². The topological polar surface area (TPSA) is 93.7 Å². The third-order valence-corrected chi connectivity index (χ3v) is 4.97. The molecular weight excluding hydrogens is 344 g/mol. The van der Waals surface area contributed by atoms with E-state index in [1.165, 1.54) is 32.4 Å². The van der Waals surface area contributed by atoms with Crippen LogP contribution >= 0.6 is 0 Å². The van der Waals surface area contributed by atoms with Gasteiger partial charge in [-0.2, -0.15) is 0 Å². The molecule has 2 aromatic carbocycles. The zero-order valence-electron chi connectivity index (χ0n) is 14.4. The number of ether oxygens (including phenoxy) is 2. The molecule has 134 valence electrons. The number of benzene rings is 2. The summed E-state index contributed by atoms with van der Waals surface area (Å²) < 4.78 is 34.9. The summed E-state index contributed by atoms with van der Waals surface area (Å²) in [5, 5.41) is 0. The Hall–Kier alpha value is -2.58. The molecule has 0 radical (unpaired) electrons. The normalized spacial score (nSPS) is 11.0. The number of hydrazine groups is 1. The quantitative estimate of drug-likeness (QED) is 0.764. The van der Waals surface area contributed by atoms with Crippen LogP contribution in [0.15, 0.2) is 41.3 Å². The molecule has 0 saturated carbocycles. The molecule has 7 nitrogen and oxygen atoms in total. The first kappa shape index (κ1) is 18.8. The van der Waals surface area contributed by atoms with Crippen molar-refractivity contribution >= 4 is 15.9 Å². The molecule has 0 aliphatic carbocycles. The SMILES string of the molecule is COc1ccc(C(=O)NNS(=O)(=O)c2ccc(C)cc2C)cc1OC. The van der Waals surface area contributed by atoms with Crippen LogP contribution in [-0.4, -0.2) is 28.5 Å². The van der Waals surface area contributed by atoms with Crippen molar-refractivity contribution < 1.29 is 22.7 Å². The summed E-state index contributed by atoms with van der Waals surface area (Å²) in [6.45, 7) is 3.56. The fourth-order valence-electron chi connectivity index (χ4n) is 2.32. The second-order valence-electron chi connectivity index (χ2n) is 5.40. The van der Waals surface area contributed by atoms with E-state index in [2.05, 4.69) is 10.3 Å². The summed E-state index contributed by atoms with van der Waals surface area (Å²) in [6.07, 6.45) is 0. The van der Waals surface area contributed by atoms with E-state index in [1.807, 2.05) is 6.92 Å². The van der Waals surface area contributed by atoms with Crippen LogP contribution in [0, 0.1) is 13.8 Å². The molecule has 2 N–H and O–H groups in total. The van der Waals surface area contributed by atoms with Crippen molar-refractivity contribution in [3.63, 3.8) is 0 Å². The van der Waals surface area contributed by atoms with Crippen LogP contribution in [0.2, 0.25) is 0 Å². The van der Waals surface area contributed by atoms with Gasteiger partial charge in [0.1, 0.15) is 0 Å². The average molecular weight is 364 g/mol. The van der Waals surface area contributed by atoms with Crippen molar-refractivity contribution in [3.8, 4) is 11.5 Å². The lowest BCUT2D eigenvalue weighted by Gasteiger charge is -2.12. The van der Waals surface area contributed by atoms with E-state index in [0.717, 1.165) is 5.56 Å². The van der Waals surface area contributed by atoms with Crippen LogP contribution in [0.1, 0.15) is 21.5 Å². The number of carbonyl (C=O) groups is 1. The molecule has 0 fully saturated rings. The Labute approximate surface area is 147 Å². The number of hydrogen-bond donors (Lipinski definition) is 2. The molecule has 0 aliphatic heterocycles. The molecule has 8 heteroatoms. The van der Waals surface area contributed by atoms with Crippen molar-refractivity contribution in [2.45, 2.75) is 18.7 Å². The van der Waals surface area contributed by atoms with Gasteiger partial charge in [-0.25, -0.2) is 8.42 Å². The van der Waals surface area contributed by atoms with Gasteiger partial charge in [0, 0.05) is 5.56 Å². The number of hydrogen-bond acceptors (Lipinski definition) is 5. The predicted octanol–water partition coefficient (Wildman–Crippen LogP) is 1.94. The maximum Gasteiger partial charge on any atom is 0.266 e. The highest BCUT2D eigenvalue weighted by Crippen LogP contribution is 2.27. The third-order valence-electron chi connectivity index (χ3n) is 3.56. The van der Waals surface area contributed by atoms with Crippen molar-refractivity contribution in [1.82, 2.24) is 10.3 Å².